The molecule has 0 aliphatic carbocycles. The first-order valence-corrected chi connectivity index (χ1v) is 4.39. The van der Waals surface area contributed by atoms with Gasteiger partial charge in [-0.3, -0.25) is 0 Å². The summed E-state index contributed by atoms with van der Waals surface area (Å²) >= 11 is -1.15. The number of hydrogen-bond donors (Lipinski definition) is 0. The zero-order valence-corrected chi connectivity index (χ0v) is 8.82. The van der Waals surface area contributed by atoms with Crippen molar-refractivity contribution in [2.24, 2.45) is 0 Å². The van der Waals surface area contributed by atoms with E-state index in [1.807, 2.05) is 0 Å². The molecule has 0 atom stereocenters. The molecule has 0 spiro atoms. The average Bonchev–Trinajstić information content (AvgIpc) is 2.02. The molecule has 0 fully saturated rings. The first-order valence-electron chi connectivity index (χ1n) is 2.54. The van der Waals surface area contributed by atoms with Gasteiger partial charge in [0.1, 0.15) is 0 Å². The van der Waals surface area contributed by atoms with Gasteiger partial charge in [-0.15, -0.1) is 0 Å². The van der Waals surface area contributed by atoms with E-state index in [1.165, 1.54) is 0 Å². The normalized spacial score (nSPS) is 9.17. The van der Waals surface area contributed by atoms with Crippen molar-refractivity contribution in [3.8, 4) is 0 Å². The van der Waals surface area contributed by atoms with Crippen LogP contribution in [-0.2, 0) is 41.8 Å². The van der Waals surface area contributed by atoms with Crippen molar-refractivity contribution in [2.75, 3.05) is 0 Å². The summed E-state index contributed by atoms with van der Waals surface area (Å²) < 4.78 is 12.3. The minimum absolute atomic E-state index is 0.147. The van der Waals surface area contributed by atoms with Gasteiger partial charge in [-0.05, 0) is 0 Å². The topological polar surface area (TPSA) is 94.6 Å². The van der Waals surface area contributed by atoms with Crippen LogP contribution in [0, 0.1) is 0 Å². The van der Waals surface area contributed by atoms with Crippen molar-refractivity contribution in [1.82, 2.24) is 0 Å². The number of carbonyl (C=O) groups excluding carboxylic acids is 4. The summed E-state index contributed by atoms with van der Waals surface area (Å²) in [6, 6.07) is 0. The van der Waals surface area contributed by atoms with Crippen molar-refractivity contribution in [2.45, 2.75) is 0 Å². The summed E-state index contributed by atoms with van der Waals surface area (Å²) in [4.78, 5) is 41.6. The summed E-state index contributed by atoms with van der Waals surface area (Å²) in [5.41, 5.74) is 0. The van der Waals surface area contributed by atoms with E-state index in [9.17, 15) is 23.0 Å². The predicted molar refractivity (Wildman–Crippen MR) is 27.6 cm³/mol. The second-order valence-electron chi connectivity index (χ2n) is 1.63. The molecule has 6 nitrogen and oxygen atoms in total. The molecule has 0 aromatic rings. The van der Waals surface area contributed by atoms with Crippen LogP contribution in [0.1, 0.15) is 0 Å². The van der Waals surface area contributed by atoms with E-state index in [2.05, 4.69) is 3.85 Å². The van der Waals surface area contributed by atoms with Gasteiger partial charge in [0, 0.05) is 0 Å². The number of hydrogen-bond acceptors (Lipinski definition) is 6. The molecule has 0 aliphatic heterocycles. The summed E-state index contributed by atoms with van der Waals surface area (Å²) in [5.74, 6) is -4.59. The van der Waals surface area contributed by atoms with Crippen molar-refractivity contribution in [1.29, 1.82) is 0 Å². The fraction of sp³-hybridized carbons (Fsp3) is 0. The molecule has 0 aliphatic rings. The Bertz CT molecular complexity index is 271. The van der Waals surface area contributed by atoms with Crippen LogP contribution in [0.15, 0.2) is 0 Å². The molecule has 12 heavy (non-hydrogen) atoms. The van der Waals surface area contributed by atoms with Crippen LogP contribution < -0.4 is 0 Å². The van der Waals surface area contributed by atoms with Gasteiger partial charge in [0.25, 0.3) is 0 Å². The Balaban J connectivity index is 4.40. The van der Waals surface area contributed by atoms with Crippen LogP contribution >= 0.6 is 0 Å². The van der Waals surface area contributed by atoms with Crippen molar-refractivity contribution in [3.63, 3.8) is 0 Å². The fourth-order valence-electron chi connectivity index (χ4n) is 0.309. The minimum atomic E-state index is -1.59. The first-order chi connectivity index (χ1) is 5.50. The molecule has 0 unspecified atom stereocenters. The van der Waals surface area contributed by atoms with Crippen LogP contribution in [0.5, 0.6) is 0 Å². The van der Waals surface area contributed by atoms with Gasteiger partial charge in [-0.1, -0.05) is 0 Å². The molecule has 0 amide bonds. The molecule has 8 heteroatoms. The number of rotatable bonds is 4. The van der Waals surface area contributed by atoms with Crippen LogP contribution in [0.4, 0.5) is 0 Å². The molecule has 0 rings (SSSR count). The third-order valence-electron chi connectivity index (χ3n) is 0.801. The van der Waals surface area contributed by atoms with E-state index in [1.54, 1.807) is 0 Å². The third kappa shape index (κ3) is 3.46. The Morgan fingerprint density at radius 1 is 1.08 bits per heavy atom. The molecule has 0 heterocycles. The quantitative estimate of drug-likeness (QED) is 0.304. The molecule has 0 aromatic heterocycles. The summed E-state index contributed by atoms with van der Waals surface area (Å²) in [7, 11) is 0. The molecule has 62 valence electrons. The van der Waals surface area contributed by atoms with E-state index in [-0.39, 0.29) is 27.9 Å². The number of Topliss-reactive ketones (excluding diaryl/α,β-unsaturated/α-hetero) is 2. The summed E-state index contributed by atoms with van der Waals surface area (Å²) in [6.45, 7) is 0. The molecule has 0 radical (unpaired) electrons. The summed E-state index contributed by atoms with van der Waals surface area (Å²) in [5, 5.41) is 0. The van der Waals surface area contributed by atoms with Gasteiger partial charge < -0.3 is 0 Å². The Labute approximate surface area is 89.9 Å². The molecule has 0 N–H and O–H groups in total. The number of ketones is 2. The molecular weight excluding hydrogens is 226 g/mol. The van der Waals surface area contributed by atoms with Gasteiger partial charge in [0.2, 0.25) is 0 Å². The van der Waals surface area contributed by atoms with Gasteiger partial charge >= 0.3 is 90.3 Å². The predicted octanol–water partition coefficient (Wildman–Crippen LogP) is -2.29. The standard InChI is InChI=1S/C4HO5.Co.Na.O/c5-1-2(6)3(7)4(8)9;;;/h(H,8,9);;;/q;+1;;/p-1. The second kappa shape index (κ2) is 5.44. The Hall–Kier alpha value is -0.214. The van der Waals surface area contributed by atoms with E-state index >= 15 is 0 Å². The Morgan fingerprint density at radius 2 is 1.58 bits per heavy atom. The third-order valence-corrected chi connectivity index (χ3v) is 1.53. The molecule has 0 saturated carbocycles. The zero-order valence-electron chi connectivity index (χ0n) is 5.78. The monoisotopic (exact) mass is 226 g/mol. The van der Waals surface area contributed by atoms with Gasteiger partial charge in [0.05, 0.1) is 0 Å². The fourth-order valence-corrected chi connectivity index (χ4v) is 0.711. The van der Waals surface area contributed by atoms with Crippen LogP contribution in [-0.4, -0.2) is 48.5 Å². The van der Waals surface area contributed by atoms with Gasteiger partial charge in [0.15, 0.2) is 0 Å². The van der Waals surface area contributed by atoms with E-state index in [4.69, 9.17) is 0 Å². The van der Waals surface area contributed by atoms with Crippen LogP contribution in [0.2, 0.25) is 0 Å². The van der Waals surface area contributed by atoms with E-state index in [0.717, 1.165) is 0 Å². The Morgan fingerprint density at radius 3 is 1.92 bits per heavy atom. The number of carbonyl (C=O) groups is 4. The molecule has 0 bridgehead atoms. The average molecular weight is 226 g/mol. The van der Waals surface area contributed by atoms with Gasteiger partial charge in [-0.25, -0.2) is 0 Å². The van der Waals surface area contributed by atoms with Crippen molar-refractivity contribution < 1.29 is 41.8 Å². The summed E-state index contributed by atoms with van der Waals surface area (Å²) in [6.07, 6.45) is 0. The van der Waals surface area contributed by atoms with Crippen LogP contribution in [0.3, 0.4) is 0 Å². The van der Waals surface area contributed by atoms with Crippen molar-refractivity contribution in [3.05, 3.63) is 0 Å². The molecule has 0 saturated heterocycles. The molecular formula is C4CoNaO6. The van der Waals surface area contributed by atoms with Gasteiger partial charge in [-0.2, -0.15) is 0 Å². The first kappa shape index (κ1) is 11.8. The second-order valence-corrected chi connectivity index (χ2v) is 2.92. The zero-order chi connectivity index (χ0) is 9.72. The SMILES string of the molecule is [O]=[Co][O]C(=O)C(=O)C(=O)[C](=O)[Na]. The molecule has 0 aromatic carbocycles. The maximum atomic E-state index is 10.5. The Kier molecular flexibility index (Phi) is 5.34. The van der Waals surface area contributed by atoms with E-state index < -0.39 is 35.5 Å². The van der Waals surface area contributed by atoms with Crippen molar-refractivity contribution >= 4 is 48.5 Å². The van der Waals surface area contributed by atoms with E-state index in [0.29, 0.717) is 0 Å². The van der Waals surface area contributed by atoms with Crippen LogP contribution in [0.25, 0.3) is 0 Å². The maximum absolute atomic E-state index is 10.5.